The summed E-state index contributed by atoms with van der Waals surface area (Å²) in [6.45, 7) is 6.04. The van der Waals surface area contributed by atoms with Crippen LogP contribution < -0.4 is 15.5 Å². The molecule has 0 radical (unpaired) electrons. The zero-order valence-electron chi connectivity index (χ0n) is 12.3. The number of carbonyl (C=O) groups excluding carboxylic acids is 2. The molecule has 0 aromatic carbocycles. The minimum absolute atomic E-state index is 0.129. The molecule has 2 heterocycles. The van der Waals surface area contributed by atoms with Gasteiger partial charge in [0.15, 0.2) is 6.54 Å². The highest BCUT2D eigenvalue weighted by Gasteiger charge is 2.27. The van der Waals surface area contributed by atoms with E-state index in [1.54, 1.807) is 12.1 Å². The Labute approximate surface area is 123 Å². The van der Waals surface area contributed by atoms with Crippen molar-refractivity contribution in [3.63, 3.8) is 0 Å². The lowest BCUT2D eigenvalue weighted by Gasteiger charge is -2.31. The SMILES string of the molecule is C[C@@H]1C[NH+](CC(=O)NC(=O)NCc2ccco2)C[C@H](C)O1. The molecule has 1 aliphatic heterocycles. The molecule has 3 atom stereocenters. The van der Waals surface area contributed by atoms with Gasteiger partial charge in [0.25, 0.3) is 5.91 Å². The molecule has 116 valence electrons. The second-order valence-corrected chi connectivity index (χ2v) is 5.40. The molecular weight excluding hydrogens is 274 g/mol. The smallest absolute Gasteiger partial charge is 0.321 e. The topological polar surface area (TPSA) is 85.0 Å². The van der Waals surface area contributed by atoms with Crippen LogP contribution in [0.25, 0.3) is 0 Å². The number of imide groups is 1. The Kier molecular flexibility index (Phi) is 5.35. The Hall–Kier alpha value is -1.86. The number of urea groups is 1. The van der Waals surface area contributed by atoms with Crippen LogP contribution in [-0.2, 0) is 16.1 Å². The van der Waals surface area contributed by atoms with Gasteiger partial charge in [-0.1, -0.05) is 0 Å². The lowest BCUT2D eigenvalue weighted by molar-refractivity contribution is -0.907. The number of morpholine rings is 1. The van der Waals surface area contributed by atoms with E-state index in [0.29, 0.717) is 5.76 Å². The van der Waals surface area contributed by atoms with Crippen molar-refractivity contribution in [2.45, 2.75) is 32.6 Å². The first-order valence-corrected chi connectivity index (χ1v) is 7.12. The molecule has 1 fully saturated rings. The molecule has 0 bridgehead atoms. The number of rotatable bonds is 4. The number of furan rings is 1. The van der Waals surface area contributed by atoms with Gasteiger partial charge in [-0.05, 0) is 26.0 Å². The minimum atomic E-state index is -0.509. The average Bonchev–Trinajstić information content (AvgIpc) is 2.87. The van der Waals surface area contributed by atoms with Crippen molar-refractivity contribution in [3.05, 3.63) is 24.2 Å². The fourth-order valence-electron chi connectivity index (χ4n) is 2.56. The van der Waals surface area contributed by atoms with E-state index in [0.717, 1.165) is 18.0 Å². The molecule has 21 heavy (non-hydrogen) atoms. The number of amides is 3. The molecule has 3 N–H and O–H groups in total. The van der Waals surface area contributed by atoms with Crippen molar-refractivity contribution in [2.75, 3.05) is 19.6 Å². The fourth-order valence-corrected chi connectivity index (χ4v) is 2.56. The van der Waals surface area contributed by atoms with Gasteiger partial charge in [0, 0.05) is 0 Å². The Balaban J connectivity index is 1.69. The summed E-state index contributed by atoms with van der Waals surface area (Å²) >= 11 is 0. The van der Waals surface area contributed by atoms with Crippen LogP contribution in [-0.4, -0.2) is 43.8 Å². The van der Waals surface area contributed by atoms with Crippen LogP contribution in [0.4, 0.5) is 4.79 Å². The summed E-state index contributed by atoms with van der Waals surface area (Å²) in [5, 5.41) is 4.90. The molecule has 1 unspecified atom stereocenters. The highest BCUT2D eigenvalue weighted by atomic mass is 16.5. The van der Waals surface area contributed by atoms with Crippen LogP contribution in [0.3, 0.4) is 0 Å². The largest absolute Gasteiger partial charge is 0.467 e. The summed E-state index contributed by atoms with van der Waals surface area (Å²) in [4.78, 5) is 24.6. The van der Waals surface area contributed by atoms with Crippen molar-refractivity contribution < 1.29 is 23.6 Å². The van der Waals surface area contributed by atoms with Gasteiger partial charge in [0.1, 0.15) is 31.1 Å². The molecule has 7 heteroatoms. The van der Waals surface area contributed by atoms with Crippen LogP contribution in [0.2, 0.25) is 0 Å². The van der Waals surface area contributed by atoms with Crippen LogP contribution in [0.15, 0.2) is 22.8 Å². The van der Waals surface area contributed by atoms with E-state index in [1.165, 1.54) is 6.26 Å². The molecular formula is C14H22N3O4+. The normalized spacial score (nSPS) is 25.3. The number of nitrogens with one attached hydrogen (secondary N) is 3. The van der Waals surface area contributed by atoms with Crippen molar-refractivity contribution in [1.29, 1.82) is 0 Å². The summed E-state index contributed by atoms with van der Waals surface area (Å²) in [7, 11) is 0. The van der Waals surface area contributed by atoms with E-state index in [9.17, 15) is 9.59 Å². The molecule has 0 saturated carbocycles. The zero-order valence-corrected chi connectivity index (χ0v) is 12.3. The first-order chi connectivity index (χ1) is 10.0. The maximum Gasteiger partial charge on any atom is 0.321 e. The predicted molar refractivity (Wildman–Crippen MR) is 74.7 cm³/mol. The third-order valence-corrected chi connectivity index (χ3v) is 3.28. The summed E-state index contributed by atoms with van der Waals surface area (Å²) < 4.78 is 10.7. The van der Waals surface area contributed by atoms with E-state index < -0.39 is 6.03 Å². The second-order valence-electron chi connectivity index (χ2n) is 5.40. The van der Waals surface area contributed by atoms with Crippen molar-refractivity contribution in [2.24, 2.45) is 0 Å². The number of hydrogen-bond donors (Lipinski definition) is 3. The number of quaternary nitrogens is 1. The molecule has 1 aromatic heterocycles. The van der Waals surface area contributed by atoms with Crippen LogP contribution in [0.5, 0.6) is 0 Å². The Morgan fingerprint density at radius 2 is 2.05 bits per heavy atom. The van der Waals surface area contributed by atoms with Gasteiger partial charge in [-0.25, -0.2) is 4.79 Å². The highest BCUT2D eigenvalue weighted by molar-refractivity contribution is 5.94. The van der Waals surface area contributed by atoms with E-state index in [2.05, 4.69) is 10.6 Å². The Morgan fingerprint density at radius 3 is 2.67 bits per heavy atom. The number of hydrogen-bond acceptors (Lipinski definition) is 4. The molecule has 0 spiro atoms. The van der Waals surface area contributed by atoms with Gasteiger partial charge in [-0.15, -0.1) is 0 Å². The van der Waals surface area contributed by atoms with Gasteiger partial charge >= 0.3 is 6.03 Å². The number of ether oxygens (including phenoxy) is 1. The molecule has 0 aliphatic carbocycles. The van der Waals surface area contributed by atoms with Crippen LogP contribution in [0.1, 0.15) is 19.6 Å². The molecule has 1 aliphatic rings. The summed E-state index contributed by atoms with van der Waals surface area (Å²) in [5.41, 5.74) is 0. The molecule has 7 nitrogen and oxygen atoms in total. The monoisotopic (exact) mass is 296 g/mol. The summed E-state index contributed by atoms with van der Waals surface area (Å²) in [5.74, 6) is 0.349. The van der Waals surface area contributed by atoms with Gasteiger partial charge in [-0.3, -0.25) is 10.1 Å². The second kappa shape index (κ2) is 7.24. The average molecular weight is 296 g/mol. The third kappa shape index (κ3) is 5.20. The molecule has 3 amide bonds. The van der Waals surface area contributed by atoms with Crippen LogP contribution >= 0.6 is 0 Å². The van der Waals surface area contributed by atoms with E-state index in [4.69, 9.17) is 9.15 Å². The van der Waals surface area contributed by atoms with Crippen molar-refractivity contribution >= 4 is 11.9 Å². The highest BCUT2D eigenvalue weighted by Crippen LogP contribution is 1.98. The molecule has 1 saturated heterocycles. The minimum Gasteiger partial charge on any atom is -0.467 e. The molecule has 1 aromatic rings. The maximum atomic E-state index is 11.8. The van der Waals surface area contributed by atoms with Crippen molar-refractivity contribution in [3.8, 4) is 0 Å². The van der Waals surface area contributed by atoms with Gasteiger partial charge in [0.2, 0.25) is 0 Å². The third-order valence-electron chi connectivity index (χ3n) is 3.28. The standard InChI is InChI=1S/C14H21N3O4/c1-10-7-17(8-11(2)21-10)9-13(18)16-14(19)15-6-12-4-3-5-20-12/h3-5,10-11H,6-9H2,1-2H3,(H2,15,16,18,19)/p+1/t10-,11+. The summed E-state index contributed by atoms with van der Waals surface area (Å²) in [6, 6.07) is 2.98. The van der Waals surface area contributed by atoms with E-state index in [1.807, 2.05) is 13.8 Å². The lowest BCUT2D eigenvalue weighted by Crippen LogP contribution is -3.16. The molecule has 2 rings (SSSR count). The first-order valence-electron chi connectivity index (χ1n) is 7.12. The summed E-state index contributed by atoms with van der Waals surface area (Å²) in [6.07, 6.45) is 1.79. The fraction of sp³-hybridized carbons (Fsp3) is 0.571. The quantitative estimate of drug-likeness (QED) is 0.686. The van der Waals surface area contributed by atoms with E-state index in [-0.39, 0.29) is 31.2 Å². The van der Waals surface area contributed by atoms with Gasteiger partial charge in [-0.2, -0.15) is 0 Å². The zero-order chi connectivity index (χ0) is 15.2. The maximum absolute atomic E-state index is 11.8. The Morgan fingerprint density at radius 1 is 1.33 bits per heavy atom. The van der Waals surface area contributed by atoms with Gasteiger partial charge < -0.3 is 19.4 Å². The Bertz CT molecular complexity index is 465. The predicted octanol–water partition coefficient (Wildman–Crippen LogP) is -0.702. The number of carbonyl (C=O) groups is 2. The first kappa shape index (κ1) is 15.5. The van der Waals surface area contributed by atoms with E-state index >= 15 is 0 Å². The van der Waals surface area contributed by atoms with Gasteiger partial charge in [0.05, 0.1) is 12.8 Å². The van der Waals surface area contributed by atoms with Crippen molar-refractivity contribution in [1.82, 2.24) is 10.6 Å². The van der Waals surface area contributed by atoms with Crippen LogP contribution in [0, 0.1) is 0 Å². The lowest BCUT2D eigenvalue weighted by atomic mass is 10.2.